The second kappa shape index (κ2) is 5.79. The Morgan fingerprint density at radius 2 is 2.10 bits per heavy atom. The summed E-state index contributed by atoms with van der Waals surface area (Å²) < 4.78 is 2.00. The van der Waals surface area contributed by atoms with E-state index in [9.17, 15) is 4.79 Å². The monoisotopic (exact) mass is 380 g/mol. The molecule has 3 aromatic rings. The number of hydrogen-bond acceptors (Lipinski definition) is 4. The summed E-state index contributed by atoms with van der Waals surface area (Å²) in [6.07, 6.45) is 0. The van der Waals surface area contributed by atoms with Crippen LogP contribution in [0.4, 0.5) is 5.69 Å². The molecule has 2 heterocycles. The van der Waals surface area contributed by atoms with Gasteiger partial charge < -0.3 is 11.1 Å². The van der Waals surface area contributed by atoms with Gasteiger partial charge in [0, 0.05) is 24.3 Å². The summed E-state index contributed by atoms with van der Waals surface area (Å²) in [6.45, 7) is 2.59. The Bertz CT molecular complexity index is 822. The number of hydrogen-bond donors (Lipinski definition) is 2. The van der Waals surface area contributed by atoms with Gasteiger partial charge in [0.1, 0.15) is 4.88 Å². The highest BCUT2D eigenvalue weighted by atomic mass is 79.9. The van der Waals surface area contributed by atoms with Crippen LogP contribution in [0.1, 0.15) is 19.4 Å². The standard InChI is InChI=1S/C15H13BrN2OS2/c1-8-2-4-10(20-8)7-18-15(19)14-13(17)11-5-3-9(16)6-12(11)21-14/h2-6H,7,17H2,1H3,(H,18,19). The molecule has 108 valence electrons. The molecule has 0 aliphatic carbocycles. The lowest BCUT2D eigenvalue weighted by Gasteiger charge is -2.02. The van der Waals surface area contributed by atoms with Gasteiger partial charge in [-0.3, -0.25) is 4.79 Å². The summed E-state index contributed by atoms with van der Waals surface area (Å²) in [5, 5.41) is 3.87. The minimum Gasteiger partial charge on any atom is -0.397 e. The number of nitrogens with one attached hydrogen (secondary N) is 1. The van der Waals surface area contributed by atoms with E-state index in [0.717, 1.165) is 19.4 Å². The molecule has 3 nitrogen and oxygen atoms in total. The molecule has 0 fully saturated rings. The Kier molecular flexibility index (Phi) is 4.01. The van der Waals surface area contributed by atoms with Crippen LogP contribution in [0.25, 0.3) is 10.1 Å². The van der Waals surface area contributed by atoms with Gasteiger partial charge in [-0.1, -0.05) is 22.0 Å². The maximum Gasteiger partial charge on any atom is 0.263 e. The number of thiophene rings is 2. The van der Waals surface area contributed by atoms with Crippen molar-refractivity contribution in [3.8, 4) is 0 Å². The number of anilines is 1. The molecule has 2 aromatic heterocycles. The average molecular weight is 381 g/mol. The fourth-order valence-electron chi connectivity index (χ4n) is 2.09. The summed E-state index contributed by atoms with van der Waals surface area (Å²) in [6, 6.07) is 9.94. The molecule has 0 bridgehead atoms. The molecular formula is C15H13BrN2OS2. The molecule has 6 heteroatoms. The number of fused-ring (bicyclic) bond motifs is 1. The van der Waals surface area contributed by atoms with Crippen molar-refractivity contribution in [3.63, 3.8) is 0 Å². The molecule has 0 saturated heterocycles. The number of benzene rings is 1. The van der Waals surface area contributed by atoms with Crippen molar-refractivity contribution in [2.75, 3.05) is 5.73 Å². The SMILES string of the molecule is Cc1ccc(CNC(=O)c2sc3cc(Br)ccc3c2N)s1. The minimum atomic E-state index is -0.115. The molecule has 0 spiro atoms. The quantitative estimate of drug-likeness (QED) is 0.700. The van der Waals surface area contributed by atoms with Crippen molar-refractivity contribution >= 4 is 60.3 Å². The first-order chi connectivity index (χ1) is 10.0. The fraction of sp³-hybridized carbons (Fsp3) is 0.133. The number of carbonyl (C=O) groups is 1. The van der Waals surface area contributed by atoms with Gasteiger partial charge in [0.05, 0.1) is 12.2 Å². The molecule has 1 aromatic carbocycles. The van der Waals surface area contributed by atoms with Crippen LogP contribution < -0.4 is 11.1 Å². The van der Waals surface area contributed by atoms with E-state index in [1.807, 2.05) is 24.3 Å². The number of aryl methyl sites for hydroxylation is 1. The second-order valence-corrected chi connectivity index (χ2v) is 8.02. The number of nitrogen functional groups attached to an aromatic ring is 1. The third kappa shape index (κ3) is 2.97. The molecule has 0 aliphatic heterocycles. The first-order valence-corrected chi connectivity index (χ1v) is 8.78. The van der Waals surface area contributed by atoms with E-state index in [0.29, 0.717) is 17.1 Å². The zero-order chi connectivity index (χ0) is 15.0. The maximum absolute atomic E-state index is 12.3. The van der Waals surface area contributed by atoms with Crippen molar-refractivity contribution in [3.05, 3.63) is 49.4 Å². The largest absolute Gasteiger partial charge is 0.397 e. The highest BCUT2D eigenvalue weighted by Gasteiger charge is 2.16. The van der Waals surface area contributed by atoms with Gasteiger partial charge in [0.2, 0.25) is 0 Å². The third-order valence-corrected chi connectivity index (χ3v) is 5.78. The Balaban J connectivity index is 1.82. The summed E-state index contributed by atoms with van der Waals surface area (Å²) >= 11 is 6.54. The molecule has 0 atom stereocenters. The Labute approximate surface area is 138 Å². The van der Waals surface area contributed by atoms with Crippen LogP contribution in [0.15, 0.2) is 34.8 Å². The van der Waals surface area contributed by atoms with Crippen molar-refractivity contribution in [2.24, 2.45) is 0 Å². The average Bonchev–Trinajstić information content (AvgIpc) is 3.00. The lowest BCUT2D eigenvalue weighted by atomic mass is 10.2. The molecule has 1 amide bonds. The van der Waals surface area contributed by atoms with E-state index >= 15 is 0 Å². The van der Waals surface area contributed by atoms with E-state index < -0.39 is 0 Å². The first kappa shape index (κ1) is 14.6. The van der Waals surface area contributed by atoms with E-state index in [1.54, 1.807) is 11.3 Å². The van der Waals surface area contributed by atoms with Crippen molar-refractivity contribution < 1.29 is 4.79 Å². The Morgan fingerprint density at radius 1 is 1.29 bits per heavy atom. The van der Waals surface area contributed by atoms with Crippen molar-refractivity contribution in [1.29, 1.82) is 0 Å². The highest BCUT2D eigenvalue weighted by Crippen LogP contribution is 2.35. The van der Waals surface area contributed by atoms with Gasteiger partial charge in [0.15, 0.2) is 0 Å². The van der Waals surface area contributed by atoms with Gasteiger partial charge >= 0.3 is 0 Å². The minimum absolute atomic E-state index is 0.115. The van der Waals surface area contributed by atoms with Gasteiger partial charge in [0.25, 0.3) is 5.91 Å². The van der Waals surface area contributed by atoms with Gasteiger partial charge in [-0.05, 0) is 31.2 Å². The summed E-state index contributed by atoms with van der Waals surface area (Å²) in [5.74, 6) is -0.115. The Hall–Kier alpha value is -1.37. The van der Waals surface area contributed by atoms with Crippen LogP contribution in [-0.4, -0.2) is 5.91 Å². The molecule has 0 saturated carbocycles. The number of nitrogens with two attached hydrogens (primary N) is 1. The van der Waals surface area contributed by atoms with Crippen LogP contribution >= 0.6 is 38.6 Å². The number of carbonyl (C=O) groups excluding carboxylic acids is 1. The zero-order valence-corrected chi connectivity index (χ0v) is 14.5. The molecule has 21 heavy (non-hydrogen) atoms. The molecule has 0 radical (unpaired) electrons. The number of rotatable bonds is 3. The molecular weight excluding hydrogens is 368 g/mol. The van der Waals surface area contributed by atoms with Gasteiger partial charge in [-0.15, -0.1) is 22.7 Å². The van der Waals surface area contributed by atoms with Gasteiger partial charge in [-0.2, -0.15) is 0 Å². The summed E-state index contributed by atoms with van der Waals surface area (Å²) in [4.78, 5) is 15.3. The number of halogens is 1. The predicted octanol–water partition coefficient (Wildman–Crippen LogP) is 4.55. The van der Waals surface area contributed by atoms with Gasteiger partial charge in [-0.25, -0.2) is 0 Å². The van der Waals surface area contributed by atoms with E-state index in [1.165, 1.54) is 16.2 Å². The third-order valence-electron chi connectivity index (χ3n) is 3.12. The predicted molar refractivity (Wildman–Crippen MR) is 94.2 cm³/mol. The summed E-state index contributed by atoms with van der Waals surface area (Å²) in [7, 11) is 0. The molecule has 0 aliphatic rings. The summed E-state index contributed by atoms with van der Waals surface area (Å²) in [5.41, 5.74) is 6.66. The van der Waals surface area contributed by atoms with Crippen molar-refractivity contribution in [2.45, 2.75) is 13.5 Å². The Morgan fingerprint density at radius 3 is 2.81 bits per heavy atom. The zero-order valence-electron chi connectivity index (χ0n) is 11.3. The maximum atomic E-state index is 12.3. The van der Waals surface area contributed by atoms with Crippen molar-refractivity contribution in [1.82, 2.24) is 5.32 Å². The molecule has 3 rings (SSSR count). The lowest BCUT2D eigenvalue weighted by molar-refractivity contribution is 0.0956. The van der Waals surface area contributed by atoms with E-state index in [2.05, 4.69) is 34.2 Å². The van der Waals surface area contributed by atoms with Crippen LogP contribution in [0.3, 0.4) is 0 Å². The normalized spacial score (nSPS) is 11.0. The molecule has 3 N–H and O–H groups in total. The number of amides is 1. The first-order valence-electron chi connectivity index (χ1n) is 6.35. The van der Waals surface area contributed by atoms with Crippen LogP contribution in [0, 0.1) is 6.92 Å². The topological polar surface area (TPSA) is 55.1 Å². The smallest absolute Gasteiger partial charge is 0.263 e. The molecule has 0 unspecified atom stereocenters. The van der Waals surface area contributed by atoms with E-state index in [-0.39, 0.29) is 5.91 Å². The highest BCUT2D eigenvalue weighted by molar-refractivity contribution is 9.10. The van der Waals surface area contributed by atoms with Crippen LogP contribution in [-0.2, 0) is 6.54 Å². The van der Waals surface area contributed by atoms with Crippen LogP contribution in [0.5, 0.6) is 0 Å². The van der Waals surface area contributed by atoms with E-state index in [4.69, 9.17) is 5.73 Å². The lowest BCUT2D eigenvalue weighted by Crippen LogP contribution is -2.22. The van der Waals surface area contributed by atoms with Crippen LogP contribution in [0.2, 0.25) is 0 Å². The fourth-order valence-corrected chi connectivity index (χ4v) is 4.51. The second-order valence-electron chi connectivity index (χ2n) is 4.68.